The summed E-state index contributed by atoms with van der Waals surface area (Å²) in [6.45, 7) is 8.25. The lowest BCUT2D eigenvalue weighted by atomic mass is 9.84. The van der Waals surface area contributed by atoms with E-state index in [0.29, 0.717) is 11.8 Å². The minimum atomic E-state index is 0.702. The molecule has 0 aromatic heterocycles. The Balaban J connectivity index is 1.66. The highest BCUT2D eigenvalue weighted by atomic mass is 16.5. The Morgan fingerprint density at radius 3 is 1.67 bits per heavy atom. The van der Waals surface area contributed by atoms with Gasteiger partial charge in [-0.25, -0.2) is 0 Å². The van der Waals surface area contributed by atoms with Crippen LogP contribution in [0.3, 0.4) is 0 Å². The molecule has 0 saturated heterocycles. The highest BCUT2D eigenvalue weighted by molar-refractivity contribution is 5.13. The molecular weight excluding hydrogens is 260 g/mol. The Morgan fingerprint density at radius 1 is 0.762 bits per heavy atom. The van der Waals surface area contributed by atoms with E-state index in [1.165, 1.54) is 44.9 Å². The van der Waals surface area contributed by atoms with Crippen molar-refractivity contribution in [3.05, 3.63) is 12.2 Å². The molecule has 0 aliphatic heterocycles. The predicted molar refractivity (Wildman–Crippen MR) is 88.4 cm³/mol. The van der Waals surface area contributed by atoms with Gasteiger partial charge in [-0.05, 0) is 42.9 Å². The lowest BCUT2D eigenvalue weighted by molar-refractivity contribution is 0.0261. The van der Waals surface area contributed by atoms with Crippen LogP contribution in [0.5, 0.6) is 0 Å². The van der Waals surface area contributed by atoms with Gasteiger partial charge in [0.25, 0.3) is 0 Å². The molecule has 2 bridgehead atoms. The van der Waals surface area contributed by atoms with Crippen molar-refractivity contribution in [1.29, 1.82) is 0 Å². The van der Waals surface area contributed by atoms with Crippen LogP contribution in [-0.4, -0.2) is 26.4 Å². The van der Waals surface area contributed by atoms with Gasteiger partial charge in [0.1, 0.15) is 0 Å². The summed E-state index contributed by atoms with van der Waals surface area (Å²) in [5, 5.41) is 0. The van der Waals surface area contributed by atoms with E-state index in [0.717, 1.165) is 38.3 Å². The monoisotopic (exact) mass is 294 g/mol. The zero-order valence-corrected chi connectivity index (χ0v) is 14.1. The molecule has 21 heavy (non-hydrogen) atoms. The Hall–Kier alpha value is -0.340. The van der Waals surface area contributed by atoms with Gasteiger partial charge in [-0.15, -0.1) is 0 Å². The second-order valence-electron chi connectivity index (χ2n) is 6.84. The quantitative estimate of drug-likeness (QED) is 0.379. The van der Waals surface area contributed by atoms with E-state index in [1.807, 2.05) is 0 Å². The molecule has 0 aromatic rings. The van der Waals surface area contributed by atoms with Gasteiger partial charge in [-0.3, -0.25) is 0 Å². The third kappa shape index (κ3) is 5.10. The molecule has 0 N–H and O–H groups in total. The minimum Gasteiger partial charge on any atom is -0.381 e. The smallest absolute Gasteiger partial charge is 0.0503 e. The highest BCUT2D eigenvalue weighted by Crippen LogP contribution is 2.48. The van der Waals surface area contributed by atoms with Crippen LogP contribution in [0.25, 0.3) is 0 Å². The van der Waals surface area contributed by atoms with Gasteiger partial charge < -0.3 is 9.47 Å². The summed E-state index contributed by atoms with van der Waals surface area (Å²) in [5.74, 6) is 2.91. The second-order valence-corrected chi connectivity index (χ2v) is 6.84. The first-order valence-corrected chi connectivity index (χ1v) is 9.20. The summed E-state index contributed by atoms with van der Waals surface area (Å²) >= 11 is 0. The number of rotatable bonds is 12. The van der Waals surface area contributed by atoms with E-state index in [4.69, 9.17) is 9.47 Å². The molecule has 0 unspecified atom stereocenters. The molecule has 1 fully saturated rings. The molecule has 2 heteroatoms. The average molecular weight is 294 g/mol. The molecule has 4 atom stereocenters. The zero-order valence-electron chi connectivity index (χ0n) is 14.1. The van der Waals surface area contributed by atoms with Gasteiger partial charge in [0, 0.05) is 13.2 Å². The normalized spacial score (nSPS) is 30.4. The number of ether oxygens (including phenoxy) is 2. The second kappa shape index (κ2) is 9.63. The number of hydrogen-bond donors (Lipinski definition) is 0. The molecule has 2 aliphatic rings. The van der Waals surface area contributed by atoms with Crippen LogP contribution in [0, 0.1) is 23.7 Å². The van der Waals surface area contributed by atoms with Crippen LogP contribution in [-0.2, 0) is 9.47 Å². The van der Waals surface area contributed by atoms with E-state index in [1.54, 1.807) is 0 Å². The van der Waals surface area contributed by atoms with Crippen LogP contribution in [0.4, 0.5) is 0 Å². The van der Waals surface area contributed by atoms with E-state index >= 15 is 0 Å². The van der Waals surface area contributed by atoms with Crippen molar-refractivity contribution in [2.24, 2.45) is 23.7 Å². The van der Waals surface area contributed by atoms with Crippen LogP contribution >= 0.6 is 0 Å². The van der Waals surface area contributed by atoms with E-state index in [-0.39, 0.29) is 0 Å². The average Bonchev–Trinajstić information content (AvgIpc) is 3.09. The summed E-state index contributed by atoms with van der Waals surface area (Å²) in [6.07, 6.45) is 13.8. The molecule has 2 aliphatic carbocycles. The maximum atomic E-state index is 5.96. The van der Waals surface area contributed by atoms with Gasteiger partial charge >= 0.3 is 0 Å². The van der Waals surface area contributed by atoms with Crippen molar-refractivity contribution >= 4 is 0 Å². The van der Waals surface area contributed by atoms with E-state index < -0.39 is 0 Å². The van der Waals surface area contributed by atoms with Crippen molar-refractivity contribution in [3.8, 4) is 0 Å². The Bertz CT molecular complexity index is 272. The van der Waals surface area contributed by atoms with Crippen molar-refractivity contribution in [1.82, 2.24) is 0 Å². The molecule has 1 saturated carbocycles. The first-order chi connectivity index (χ1) is 10.4. The SMILES string of the molecule is CCCCCOC[C@@H]1[C@H](COCCCCC)[C@H]2C=C[C@@H]1C2. The number of fused-ring (bicyclic) bond motifs is 2. The third-order valence-corrected chi connectivity index (χ3v) is 5.20. The number of hydrogen-bond acceptors (Lipinski definition) is 2. The van der Waals surface area contributed by atoms with Crippen LogP contribution in [0.1, 0.15) is 58.8 Å². The van der Waals surface area contributed by atoms with E-state index in [2.05, 4.69) is 26.0 Å². The van der Waals surface area contributed by atoms with Crippen molar-refractivity contribution in [2.75, 3.05) is 26.4 Å². The lowest BCUT2D eigenvalue weighted by Crippen LogP contribution is -2.28. The lowest BCUT2D eigenvalue weighted by Gasteiger charge is -2.27. The highest BCUT2D eigenvalue weighted by Gasteiger charge is 2.44. The largest absolute Gasteiger partial charge is 0.381 e. The van der Waals surface area contributed by atoms with Crippen molar-refractivity contribution in [3.63, 3.8) is 0 Å². The molecule has 0 radical (unpaired) electrons. The van der Waals surface area contributed by atoms with Gasteiger partial charge in [-0.2, -0.15) is 0 Å². The van der Waals surface area contributed by atoms with Crippen LogP contribution < -0.4 is 0 Å². The predicted octanol–water partition coefficient (Wildman–Crippen LogP) is 4.84. The van der Waals surface area contributed by atoms with Gasteiger partial charge in [0.05, 0.1) is 13.2 Å². The first-order valence-electron chi connectivity index (χ1n) is 9.20. The van der Waals surface area contributed by atoms with Crippen LogP contribution in [0.2, 0.25) is 0 Å². The molecule has 0 heterocycles. The van der Waals surface area contributed by atoms with Crippen molar-refractivity contribution < 1.29 is 9.47 Å². The summed E-state index contributed by atoms with van der Waals surface area (Å²) < 4.78 is 11.9. The van der Waals surface area contributed by atoms with Gasteiger partial charge in [-0.1, -0.05) is 51.7 Å². The minimum absolute atomic E-state index is 0.702. The summed E-state index contributed by atoms with van der Waals surface area (Å²) in [5.41, 5.74) is 0. The number of allylic oxidation sites excluding steroid dienone is 2. The zero-order chi connectivity index (χ0) is 14.9. The topological polar surface area (TPSA) is 18.5 Å². The molecule has 2 nitrogen and oxygen atoms in total. The van der Waals surface area contributed by atoms with Gasteiger partial charge in [0.15, 0.2) is 0 Å². The molecule has 0 amide bonds. The fourth-order valence-corrected chi connectivity index (χ4v) is 3.87. The fraction of sp³-hybridized carbons (Fsp3) is 0.895. The third-order valence-electron chi connectivity index (χ3n) is 5.20. The summed E-state index contributed by atoms with van der Waals surface area (Å²) in [4.78, 5) is 0. The van der Waals surface area contributed by atoms with Crippen molar-refractivity contribution in [2.45, 2.75) is 58.8 Å². The molecule has 0 aromatic carbocycles. The molecule has 2 rings (SSSR count). The summed E-state index contributed by atoms with van der Waals surface area (Å²) in [6, 6.07) is 0. The Labute approximate surface area is 131 Å². The number of unbranched alkanes of at least 4 members (excludes halogenated alkanes) is 4. The summed E-state index contributed by atoms with van der Waals surface area (Å²) in [7, 11) is 0. The van der Waals surface area contributed by atoms with Crippen LogP contribution in [0.15, 0.2) is 12.2 Å². The molecule has 122 valence electrons. The maximum Gasteiger partial charge on any atom is 0.0503 e. The molecule has 0 spiro atoms. The maximum absolute atomic E-state index is 5.96. The fourth-order valence-electron chi connectivity index (χ4n) is 3.87. The Morgan fingerprint density at radius 2 is 1.24 bits per heavy atom. The molecular formula is C19H34O2. The standard InChI is InChI=1S/C19H34O2/c1-3-5-7-11-20-14-18-16-9-10-17(13-16)19(18)15-21-12-8-6-4-2/h9-10,16-19H,3-8,11-15H2,1-2H3/t16-,17+,18+,19-. The van der Waals surface area contributed by atoms with E-state index in [9.17, 15) is 0 Å². The van der Waals surface area contributed by atoms with Gasteiger partial charge in [0.2, 0.25) is 0 Å². The Kier molecular flexibility index (Phi) is 7.81. The first kappa shape index (κ1) is 17.0.